The number of hydrogen-bond donors (Lipinski definition) is 1. The van der Waals surface area contributed by atoms with Gasteiger partial charge in [0.2, 0.25) is 0 Å². The lowest BCUT2D eigenvalue weighted by molar-refractivity contribution is 0.104. The van der Waals surface area contributed by atoms with Gasteiger partial charge >= 0.3 is 0 Å². The van der Waals surface area contributed by atoms with Crippen LogP contribution >= 0.6 is 15.9 Å². The first kappa shape index (κ1) is 17.9. The number of methoxy groups -OCH3 is 3. The molecule has 0 fully saturated rings. The normalized spacial score (nSPS) is 10.7. The number of aromatic hydroxyl groups is 1. The van der Waals surface area contributed by atoms with Crippen LogP contribution in [0.2, 0.25) is 0 Å². The predicted molar refractivity (Wildman–Crippen MR) is 95.3 cm³/mol. The third kappa shape index (κ3) is 3.89. The van der Waals surface area contributed by atoms with E-state index in [2.05, 4.69) is 15.9 Å². The minimum Gasteiger partial charge on any atom is -0.504 e. The van der Waals surface area contributed by atoms with Crippen LogP contribution in [-0.4, -0.2) is 32.2 Å². The average molecular weight is 393 g/mol. The number of halogens is 1. The zero-order valence-electron chi connectivity index (χ0n) is 13.5. The molecule has 0 saturated heterocycles. The number of carbonyl (C=O) groups excluding carboxylic acids is 1. The summed E-state index contributed by atoms with van der Waals surface area (Å²) >= 11 is 3.44. The topological polar surface area (TPSA) is 65.0 Å². The Morgan fingerprint density at radius 1 is 1.00 bits per heavy atom. The van der Waals surface area contributed by atoms with Gasteiger partial charge in [0.15, 0.2) is 28.8 Å². The van der Waals surface area contributed by atoms with Crippen molar-refractivity contribution in [2.75, 3.05) is 21.3 Å². The predicted octanol–water partition coefficient (Wildman–Crippen LogP) is 4.08. The Hall–Kier alpha value is -2.47. The highest BCUT2D eigenvalue weighted by molar-refractivity contribution is 9.10. The van der Waals surface area contributed by atoms with E-state index >= 15 is 0 Å². The quantitative estimate of drug-likeness (QED) is 0.592. The lowest BCUT2D eigenvalue weighted by Crippen LogP contribution is -1.96. The molecular weight excluding hydrogens is 376 g/mol. The molecule has 0 spiro atoms. The van der Waals surface area contributed by atoms with Crippen LogP contribution in [0.4, 0.5) is 0 Å². The van der Waals surface area contributed by atoms with Gasteiger partial charge in [-0.15, -0.1) is 0 Å². The first-order chi connectivity index (χ1) is 11.5. The Morgan fingerprint density at radius 3 is 2.25 bits per heavy atom. The summed E-state index contributed by atoms with van der Waals surface area (Å²) in [6.07, 6.45) is 3.12. The van der Waals surface area contributed by atoms with Crippen molar-refractivity contribution in [3.05, 3.63) is 52.0 Å². The summed E-state index contributed by atoms with van der Waals surface area (Å²) in [4.78, 5) is 12.3. The van der Waals surface area contributed by atoms with E-state index in [-0.39, 0.29) is 17.3 Å². The van der Waals surface area contributed by atoms with Crippen LogP contribution in [0.15, 0.2) is 40.9 Å². The summed E-state index contributed by atoms with van der Waals surface area (Å²) in [5.74, 6) is 1.19. The molecule has 2 aromatic carbocycles. The molecule has 6 heteroatoms. The smallest absolute Gasteiger partial charge is 0.185 e. The van der Waals surface area contributed by atoms with Gasteiger partial charge in [-0.3, -0.25) is 4.79 Å². The van der Waals surface area contributed by atoms with E-state index < -0.39 is 0 Å². The summed E-state index contributed by atoms with van der Waals surface area (Å²) in [5.41, 5.74) is 1.18. The van der Waals surface area contributed by atoms with Gasteiger partial charge in [-0.05, 0) is 48.0 Å². The van der Waals surface area contributed by atoms with Crippen LogP contribution < -0.4 is 14.2 Å². The van der Waals surface area contributed by atoms with Crippen molar-refractivity contribution >= 4 is 27.8 Å². The van der Waals surface area contributed by atoms with Crippen LogP contribution in [0.1, 0.15) is 15.9 Å². The number of allylic oxidation sites excluding steroid dienone is 1. The van der Waals surface area contributed by atoms with Gasteiger partial charge in [0.25, 0.3) is 0 Å². The highest BCUT2D eigenvalue weighted by Gasteiger charge is 2.10. The van der Waals surface area contributed by atoms with Gasteiger partial charge in [0.05, 0.1) is 21.3 Å². The van der Waals surface area contributed by atoms with Crippen LogP contribution in [0.5, 0.6) is 23.0 Å². The van der Waals surface area contributed by atoms with E-state index in [0.29, 0.717) is 17.1 Å². The largest absolute Gasteiger partial charge is 0.504 e. The fourth-order valence-electron chi connectivity index (χ4n) is 2.09. The second-order valence-electron chi connectivity index (χ2n) is 4.81. The summed E-state index contributed by atoms with van der Waals surface area (Å²) in [7, 11) is 4.54. The maximum atomic E-state index is 12.3. The Kier molecular flexibility index (Phi) is 5.87. The maximum Gasteiger partial charge on any atom is 0.185 e. The zero-order valence-corrected chi connectivity index (χ0v) is 15.1. The first-order valence-corrected chi connectivity index (χ1v) is 7.80. The second-order valence-corrected chi connectivity index (χ2v) is 5.67. The lowest BCUT2D eigenvalue weighted by atomic mass is 10.1. The van der Waals surface area contributed by atoms with Crippen molar-refractivity contribution < 1.29 is 24.1 Å². The van der Waals surface area contributed by atoms with Crippen molar-refractivity contribution in [3.8, 4) is 23.0 Å². The molecule has 24 heavy (non-hydrogen) atoms. The number of hydrogen-bond acceptors (Lipinski definition) is 5. The minimum atomic E-state index is -0.213. The van der Waals surface area contributed by atoms with Gasteiger partial charge in [-0.1, -0.05) is 15.9 Å². The van der Waals surface area contributed by atoms with E-state index in [1.54, 1.807) is 32.4 Å². The van der Waals surface area contributed by atoms with Crippen molar-refractivity contribution in [2.45, 2.75) is 0 Å². The molecule has 2 rings (SSSR count). The number of benzene rings is 2. The van der Waals surface area contributed by atoms with Crippen LogP contribution in [-0.2, 0) is 0 Å². The monoisotopic (exact) mass is 392 g/mol. The molecule has 0 heterocycles. The molecule has 5 nitrogen and oxygen atoms in total. The first-order valence-electron chi connectivity index (χ1n) is 7.01. The molecule has 0 unspecified atom stereocenters. The molecule has 0 bridgehead atoms. The van der Waals surface area contributed by atoms with Crippen LogP contribution in [0, 0.1) is 0 Å². The highest BCUT2D eigenvalue weighted by atomic mass is 79.9. The van der Waals surface area contributed by atoms with Gasteiger partial charge in [-0.2, -0.15) is 0 Å². The zero-order chi connectivity index (χ0) is 17.7. The minimum absolute atomic E-state index is 0.0133. The molecule has 2 aromatic rings. The van der Waals surface area contributed by atoms with E-state index in [4.69, 9.17) is 14.2 Å². The van der Waals surface area contributed by atoms with Crippen molar-refractivity contribution in [3.63, 3.8) is 0 Å². The maximum absolute atomic E-state index is 12.3. The number of phenolic OH excluding ortho intramolecular Hbond substituents is 1. The van der Waals surface area contributed by atoms with Gasteiger partial charge in [-0.25, -0.2) is 0 Å². The van der Waals surface area contributed by atoms with E-state index in [1.807, 2.05) is 0 Å². The summed E-state index contributed by atoms with van der Waals surface area (Å²) < 4.78 is 16.3. The lowest BCUT2D eigenvalue weighted by Gasteiger charge is -2.09. The Balaban J connectivity index is 2.29. The SMILES string of the molecule is COc1cc(C(=O)/C=C/c2cc(OC)c(OC)cc2Br)ccc1O. The molecule has 0 saturated carbocycles. The third-order valence-electron chi connectivity index (χ3n) is 3.38. The van der Waals surface area contributed by atoms with E-state index in [9.17, 15) is 9.90 Å². The number of rotatable bonds is 6. The van der Waals surface area contributed by atoms with E-state index in [1.165, 1.54) is 31.4 Å². The Morgan fingerprint density at radius 2 is 1.62 bits per heavy atom. The molecule has 0 radical (unpaired) electrons. The van der Waals surface area contributed by atoms with Gasteiger partial charge in [0, 0.05) is 10.0 Å². The van der Waals surface area contributed by atoms with E-state index in [0.717, 1.165) is 10.0 Å². The summed E-state index contributed by atoms with van der Waals surface area (Å²) in [6.45, 7) is 0. The molecular formula is C18H17BrO5. The molecule has 0 atom stereocenters. The van der Waals surface area contributed by atoms with Crippen molar-refractivity contribution in [1.82, 2.24) is 0 Å². The van der Waals surface area contributed by atoms with Crippen LogP contribution in [0.25, 0.3) is 6.08 Å². The fourth-order valence-corrected chi connectivity index (χ4v) is 2.54. The Bertz CT molecular complexity index is 783. The van der Waals surface area contributed by atoms with Crippen LogP contribution in [0.3, 0.4) is 0 Å². The number of ketones is 1. The molecule has 0 amide bonds. The average Bonchev–Trinajstić information content (AvgIpc) is 2.60. The Labute approximate surface area is 148 Å². The second kappa shape index (κ2) is 7.88. The van der Waals surface area contributed by atoms with Gasteiger partial charge < -0.3 is 19.3 Å². The van der Waals surface area contributed by atoms with Crippen molar-refractivity contribution in [2.24, 2.45) is 0 Å². The molecule has 1 N–H and O–H groups in total. The van der Waals surface area contributed by atoms with Crippen molar-refractivity contribution in [1.29, 1.82) is 0 Å². The number of ether oxygens (including phenoxy) is 3. The summed E-state index contributed by atoms with van der Waals surface area (Å²) in [5, 5.41) is 9.58. The standard InChI is InChI=1S/C18H17BrO5/c1-22-16-9-12(5-7-15(16)21)14(20)6-4-11-8-17(23-2)18(24-3)10-13(11)19/h4-10,21H,1-3H3/b6-4+. The fraction of sp³-hybridized carbons (Fsp3) is 0.167. The molecule has 0 aromatic heterocycles. The van der Waals surface area contributed by atoms with Gasteiger partial charge in [0.1, 0.15) is 0 Å². The molecule has 0 aliphatic carbocycles. The molecule has 0 aliphatic heterocycles. The molecule has 0 aliphatic rings. The molecule has 126 valence electrons. The highest BCUT2D eigenvalue weighted by Crippen LogP contribution is 2.34. The number of carbonyl (C=O) groups is 1. The third-order valence-corrected chi connectivity index (χ3v) is 4.07. The summed E-state index contributed by atoms with van der Waals surface area (Å²) in [6, 6.07) is 7.99. The number of phenols is 1.